The molecule has 110 valence electrons. The molecule has 1 fully saturated rings. The number of fused-ring (bicyclic) bond motifs is 1. The molecule has 0 spiro atoms. The predicted octanol–water partition coefficient (Wildman–Crippen LogP) is 1.58. The Bertz CT molecular complexity index is 560. The van der Waals surface area contributed by atoms with E-state index in [9.17, 15) is 0 Å². The molecular weight excluding hydrogens is 276 g/mol. The lowest BCUT2D eigenvalue weighted by Gasteiger charge is -2.32. The summed E-state index contributed by atoms with van der Waals surface area (Å²) in [6.07, 6.45) is 1.16. The van der Waals surface area contributed by atoms with Crippen molar-refractivity contribution in [1.29, 1.82) is 0 Å². The smallest absolute Gasteiger partial charge is 0.188 e. The van der Waals surface area contributed by atoms with Crippen LogP contribution < -0.4 is 4.90 Å². The maximum Gasteiger partial charge on any atom is 0.188 e. The summed E-state index contributed by atoms with van der Waals surface area (Å²) in [6.45, 7) is 5.30. The van der Waals surface area contributed by atoms with E-state index < -0.39 is 0 Å². The SMILES string of the molecule is COCCC1CN(c2nc3c(s2)c(C)nn3C)CCO1. The average molecular weight is 296 g/mol. The van der Waals surface area contributed by atoms with Crippen molar-refractivity contribution in [3.63, 3.8) is 0 Å². The first-order valence-electron chi connectivity index (χ1n) is 6.84. The lowest BCUT2D eigenvalue weighted by Crippen LogP contribution is -2.42. The van der Waals surface area contributed by atoms with E-state index in [1.54, 1.807) is 18.4 Å². The molecule has 3 heterocycles. The van der Waals surface area contributed by atoms with Crippen LogP contribution in [0.15, 0.2) is 0 Å². The zero-order valence-corrected chi connectivity index (χ0v) is 12.9. The normalized spacial score (nSPS) is 19.9. The molecule has 2 aromatic heterocycles. The number of hydrogen-bond donors (Lipinski definition) is 0. The van der Waals surface area contributed by atoms with E-state index in [1.807, 2.05) is 18.7 Å². The van der Waals surface area contributed by atoms with E-state index in [1.165, 1.54) is 4.70 Å². The molecule has 1 unspecified atom stereocenters. The number of methoxy groups -OCH3 is 1. The summed E-state index contributed by atoms with van der Waals surface area (Å²) in [7, 11) is 3.67. The summed E-state index contributed by atoms with van der Waals surface area (Å²) < 4.78 is 13.9. The van der Waals surface area contributed by atoms with Crippen LogP contribution in [0.1, 0.15) is 12.1 Å². The van der Waals surface area contributed by atoms with Crippen molar-refractivity contribution in [2.45, 2.75) is 19.4 Å². The zero-order chi connectivity index (χ0) is 14.1. The fourth-order valence-electron chi connectivity index (χ4n) is 2.53. The van der Waals surface area contributed by atoms with Crippen molar-refractivity contribution in [3.8, 4) is 0 Å². The highest BCUT2D eigenvalue weighted by Gasteiger charge is 2.24. The standard InChI is InChI=1S/C13H20N4O2S/c1-9-11-12(16(2)15-9)14-13(20-11)17-5-7-19-10(8-17)4-6-18-3/h10H,4-8H2,1-3H3. The van der Waals surface area contributed by atoms with Gasteiger partial charge in [0.15, 0.2) is 10.8 Å². The molecule has 0 bridgehead atoms. The maximum atomic E-state index is 5.77. The second kappa shape index (κ2) is 5.67. The summed E-state index contributed by atoms with van der Waals surface area (Å²) in [5, 5.41) is 5.47. The largest absolute Gasteiger partial charge is 0.385 e. The number of anilines is 1. The third kappa shape index (κ3) is 2.53. The van der Waals surface area contributed by atoms with Crippen molar-refractivity contribution >= 4 is 26.8 Å². The molecule has 1 saturated heterocycles. The van der Waals surface area contributed by atoms with Crippen LogP contribution in [0, 0.1) is 6.92 Å². The van der Waals surface area contributed by atoms with Gasteiger partial charge >= 0.3 is 0 Å². The van der Waals surface area contributed by atoms with Gasteiger partial charge in [0.25, 0.3) is 0 Å². The van der Waals surface area contributed by atoms with Gasteiger partial charge in [-0.15, -0.1) is 0 Å². The lowest BCUT2D eigenvalue weighted by atomic mass is 10.2. The first-order valence-corrected chi connectivity index (χ1v) is 7.66. The molecule has 0 aliphatic carbocycles. The fraction of sp³-hybridized carbons (Fsp3) is 0.692. The topological polar surface area (TPSA) is 52.4 Å². The number of thiazole rings is 1. The summed E-state index contributed by atoms with van der Waals surface area (Å²) in [5.41, 5.74) is 2.03. The van der Waals surface area contributed by atoms with Crippen LogP contribution in [-0.2, 0) is 16.5 Å². The third-order valence-corrected chi connectivity index (χ3v) is 4.80. The summed E-state index contributed by atoms with van der Waals surface area (Å²) in [6, 6.07) is 0. The molecule has 0 saturated carbocycles. The van der Waals surface area contributed by atoms with Crippen LogP contribution in [0.25, 0.3) is 10.3 Å². The molecule has 20 heavy (non-hydrogen) atoms. The molecule has 3 rings (SSSR count). The minimum absolute atomic E-state index is 0.231. The predicted molar refractivity (Wildman–Crippen MR) is 79.6 cm³/mol. The minimum atomic E-state index is 0.231. The second-order valence-electron chi connectivity index (χ2n) is 5.08. The van der Waals surface area contributed by atoms with Crippen molar-refractivity contribution < 1.29 is 9.47 Å². The van der Waals surface area contributed by atoms with Gasteiger partial charge in [-0.05, 0) is 13.3 Å². The molecule has 2 aromatic rings. The Balaban J connectivity index is 1.78. The van der Waals surface area contributed by atoms with Crippen molar-refractivity contribution in [3.05, 3.63) is 5.69 Å². The first kappa shape index (κ1) is 13.8. The molecule has 0 N–H and O–H groups in total. The van der Waals surface area contributed by atoms with Gasteiger partial charge in [0.2, 0.25) is 0 Å². The Kier molecular flexibility index (Phi) is 3.91. The molecule has 1 atom stereocenters. The van der Waals surface area contributed by atoms with Crippen LogP contribution in [0.4, 0.5) is 5.13 Å². The number of morpholine rings is 1. The van der Waals surface area contributed by atoms with Crippen molar-refractivity contribution in [1.82, 2.24) is 14.8 Å². The molecule has 6 nitrogen and oxygen atoms in total. The van der Waals surface area contributed by atoms with Crippen LogP contribution in [0.2, 0.25) is 0 Å². The third-order valence-electron chi connectivity index (χ3n) is 3.59. The average Bonchev–Trinajstić information content (AvgIpc) is 3.00. The van der Waals surface area contributed by atoms with Crippen molar-refractivity contribution in [2.24, 2.45) is 7.05 Å². The molecule has 0 radical (unpaired) electrons. The highest BCUT2D eigenvalue weighted by atomic mass is 32.1. The van der Waals surface area contributed by atoms with Crippen molar-refractivity contribution in [2.75, 3.05) is 38.3 Å². The summed E-state index contributed by atoms with van der Waals surface area (Å²) in [4.78, 5) is 7.04. The van der Waals surface area contributed by atoms with Gasteiger partial charge in [0.05, 0.1) is 23.1 Å². The fourth-order valence-corrected chi connectivity index (χ4v) is 3.59. The second-order valence-corrected chi connectivity index (χ2v) is 6.06. The van der Waals surface area contributed by atoms with E-state index in [-0.39, 0.29) is 6.10 Å². The monoisotopic (exact) mass is 296 g/mol. The lowest BCUT2D eigenvalue weighted by molar-refractivity contribution is 0.0191. The zero-order valence-electron chi connectivity index (χ0n) is 12.1. The minimum Gasteiger partial charge on any atom is -0.385 e. The van der Waals surface area contributed by atoms with Gasteiger partial charge in [-0.25, -0.2) is 9.67 Å². The highest BCUT2D eigenvalue weighted by Crippen LogP contribution is 2.31. The quantitative estimate of drug-likeness (QED) is 0.857. The Morgan fingerprint density at radius 2 is 2.35 bits per heavy atom. The molecule has 1 aliphatic rings. The molecule has 7 heteroatoms. The molecule has 0 aromatic carbocycles. The van der Waals surface area contributed by atoms with Crippen LogP contribution in [0.5, 0.6) is 0 Å². The number of aromatic nitrogens is 3. The van der Waals surface area contributed by atoms with Gasteiger partial charge in [0.1, 0.15) is 0 Å². The summed E-state index contributed by atoms with van der Waals surface area (Å²) in [5.74, 6) is 0. The number of ether oxygens (including phenoxy) is 2. The number of aryl methyl sites for hydroxylation is 2. The van der Waals surface area contributed by atoms with Gasteiger partial charge < -0.3 is 14.4 Å². The Hall–Kier alpha value is -1.18. The van der Waals surface area contributed by atoms with Gasteiger partial charge in [-0.3, -0.25) is 0 Å². The van der Waals surface area contributed by atoms with Crippen LogP contribution in [-0.4, -0.2) is 54.3 Å². The van der Waals surface area contributed by atoms with Gasteiger partial charge in [0, 0.05) is 33.9 Å². The summed E-state index contributed by atoms with van der Waals surface area (Å²) >= 11 is 1.72. The van der Waals surface area contributed by atoms with Gasteiger partial charge in [-0.2, -0.15) is 5.10 Å². The van der Waals surface area contributed by atoms with Gasteiger partial charge in [-0.1, -0.05) is 11.3 Å². The Morgan fingerprint density at radius 3 is 3.10 bits per heavy atom. The van der Waals surface area contributed by atoms with Crippen LogP contribution in [0.3, 0.4) is 0 Å². The first-order chi connectivity index (χ1) is 9.69. The Morgan fingerprint density at radius 1 is 1.50 bits per heavy atom. The number of nitrogens with zero attached hydrogens (tertiary/aromatic N) is 4. The Labute approximate surface area is 122 Å². The molecular formula is C13H20N4O2S. The highest BCUT2D eigenvalue weighted by molar-refractivity contribution is 7.22. The molecule has 0 amide bonds. The maximum absolute atomic E-state index is 5.77. The van der Waals surface area contributed by atoms with E-state index in [0.29, 0.717) is 0 Å². The number of hydrogen-bond acceptors (Lipinski definition) is 6. The van der Waals surface area contributed by atoms with E-state index in [4.69, 9.17) is 14.5 Å². The molecule has 1 aliphatic heterocycles. The number of rotatable bonds is 4. The van der Waals surface area contributed by atoms with Crippen LogP contribution >= 0.6 is 11.3 Å². The van der Waals surface area contributed by atoms with E-state index in [0.717, 1.165) is 49.2 Å². The van der Waals surface area contributed by atoms with E-state index in [2.05, 4.69) is 10.00 Å². The van der Waals surface area contributed by atoms with E-state index >= 15 is 0 Å².